The van der Waals surface area contributed by atoms with Gasteiger partial charge in [0, 0.05) is 14.5 Å². The summed E-state index contributed by atoms with van der Waals surface area (Å²) in [5.41, 5.74) is 5.25. The zero-order valence-corrected chi connectivity index (χ0v) is 20.7. The standard InChI is InChI=1S/C22H19Br2N3O3S/c1-3-30-21(29)18(13(2)28)20-19(15-7-9-16(23)10-8-15)26-22(31-20)27-25-12-14-5-4-6-17(24)11-14/h4-12,28H,3H2,1-2H3,(H,26,27). The van der Waals surface area contributed by atoms with Gasteiger partial charge in [0.05, 0.1) is 23.4 Å². The summed E-state index contributed by atoms with van der Waals surface area (Å²) in [5, 5.41) is 15.0. The van der Waals surface area contributed by atoms with Gasteiger partial charge in [-0.25, -0.2) is 9.78 Å². The smallest absolute Gasteiger partial charge is 0.343 e. The summed E-state index contributed by atoms with van der Waals surface area (Å²) < 4.78 is 7.02. The van der Waals surface area contributed by atoms with Crippen LogP contribution in [0.5, 0.6) is 0 Å². The first-order chi connectivity index (χ1) is 14.9. The molecular formula is C22H19Br2N3O3S. The van der Waals surface area contributed by atoms with Gasteiger partial charge in [-0.15, -0.1) is 0 Å². The summed E-state index contributed by atoms with van der Waals surface area (Å²) in [6.07, 6.45) is 1.67. The lowest BCUT2D eigenvalue weighted by atomic mass is 10.1. The van der Waals surface area contributed by atoms with E-state index < -0.39 is 5.97 Å². The highest BCUT2D eigenvalue weighted by atomic mass is 79.9. The van der Waals surface area contributed by atoms with Crippen LogP contribution in [0.1, 0.15) is 24.3 Å². The highest BCUT2D eigenvalue weighted by molar-refractivity contribution is 9.10. The van der Waals surface area contributed by atoms with Crippen LogP contribution in [0.15, 0.2) is 68.3 Å². The molecule has 0 aliphatic heterocycles. The van der Waals surface area contributed by atoms with Gasteiger partial charge in [0.25, 0.3) is 0 Å². The summed E-state index contributed by atoms with van der Waals surface area (Å²) in [6.45, 7) is 3.37. The zero-order chi connectivity index (χ0) is 22.4. The highest BCUT2D eigenvalue weighted by Gasteiger charge is 2.25. The first kappa shape index (κ1) is 23.2. The Morgan fingerprint density at radius 3 is 2.61 bits per heavy atom. The fraction of sp³-hybridized carbons (Fsp3) is 0.136. The van der Waals surface area contributed by atoms with Crippen LogP contribution in [-0.2, 0) is 9.53 Å². The zero-order valence-electron chi connectivity index (χ0n) is 16.7. The Balaban J connectivity index is 2.00. The molecule has 6 nitrogen and oxygen atoms in total. The molecule has 0 saturated carbocycles. The van der Waals surface area contributed by atoms with E-state index in [1.165, 1.54) is 18.3 Å². The second-order valence-electron chi connectivity index (χ2n) is 6.31. The Hall–Kier alpha value is -2.49. The first-order valence-electron chi connectivity index (χ1n) is 9.27. The molecule has 9 heteroatoms. The molecule has 0 amide bonds. The first-order valence-corrected chi connectivity index (χ1v) is 11.7. The van der Waals surface area contributed by atoms with Gasteiger partial charge < -0.3 is 9.84 Å². The summed E-state index contributed by atoms with van der Waals surface area (Å²) in [5.74, 6) is -0.738. The number of hydrogen-bond donors (Lipinski definition) is 2. The number of aliphatic hydroxyl groups excluding tert-OH is 1. The van der Waals surface area contributed by atoms with Crippen molar-refractivity contribution >= 4 is 66.1 Å². The van der Waals surface area contributed by atoms with Gasteiger partial charge in [-0.05, 0) is 43.7 Å². The van der Waals surface area contributed by atoms with Crippen LogP contribution in [0.4, 0.5) is 5.13 Å². The van der Waals surface area contributed by atoms with E-state index in [1.807, 2.05) is 48.5 Å². The molecule has 0 atom stereocenters. The molecule has 0 radical (unpaired) electrons. The molecule has 2 N–H and O–H groups in total. The predicted molar refractivity (Wildman–Crippen MR) is 132 cm³/mol. The summed E-state index contributed by atoms with van der Waals surface area (Å²) in [6, 6.07) is 15.2. The Morgan fingerprint density at radius 2 is 1.97 bits per heavy atom. The molecule has 3 aromatic rings. The van der Waals surface area contributed by atoms with Crippen molar-refractivity contribution in [2.45, 2.75) is 13.8 Å². The molecule has 3 rings (SSSR count). The maximum absolute atomic E-state index is 12.5. The Labute approximate surface area is 200 Å². The summed E-state index contributed by atoms with van der Waals surface area (Å²) in [4.78, 5) is 17.7. The van der Waals surface area contributed by atoms with Gasteiger partial charge in [-0.1, -0.05) is 67.5 Å². The van der Waals surface area contributed by atoms with E-state index in [-0.39, 0.29) is 17.9 Å². The minimum atomic E-state index is -0.603. The van der Waals surface area contributed by atoms with Crippen molar-refractivity contribution in [3.05, 3.63) is 73.7 Å². The third-order valence-corrected chi connectivity index (χ3v) is 6.04. The van der Waals surface area contributed by atoms with Gasteiger partial charge in [0.2, 0.25) is 5.13 Å². The van der Waals surface area contributed by atoms with Crippen molar-refractivity contribution in [3.63, 3.8) is 0 Å². The number of rotatable bonds is 7. The number of nitrogens with zero attached hydrogens (tertiary/aromatic N) is 2. The number of hydrogen-bond acceptors (Lipinski definition) is 7. The van der Waals surface area contributed by atoms with Crippen molar-refractivity contribution in [1.29, 1.82) is 0 Å². The highest BCUT2D eigenvalue weighted by Crippen LogP contribution is 2.38. The second-order valence-corrected chi connectivity index (χ2v) is 9.14. The third kappa shape index (κ3) is 6.03. The molecule has 1 aromatic heterocycles. The summed E-state index contributed by atoms with van der Waals surface area (Å²) >= 11 is 8.06. The van der Waals surface area contributed by atoms with E-state index in [4.69, 9.17) is 4.74 Å². The number of ether oxygens (including phenoxy) is 1. The SMILES string of the molecule is CCOC(=O)C(=C(C)O)c1sc(NN=Cc2cccc(Br)c2)nc1-c1ccc(Br)cc1. The van der Waals surface area contributed by atoms with Crippen LogP contribution < -0.4 is 5.43 Å². The number of thiazole rings is 1. The van der Waals surface area contributed by atoms with E-state index in [9.17, 15) is 9.90 Å². The monoisotopic (exact) mass is 563 g/mol. The number of aliphatic hydroxyl groups is 1. The average Bonchev–Trinajstić information content (AvgIpc) is 3.12. The van der Waals surface area contributed by atoms with Crippen molar-refractivity contribution in [1.82, 2.24) is 4.98 Å². The fourth-order valence-corrected chi connectivity index (χ4v) is 4.40. The topological polar surface area (TPSA) is 83.8 Å². The molecule has 0 fully saturated rings. The Bertz CT molecular complexity index is 1140. The quantitative estimate of drug-likeness (QED) is 0.111. The number of halogens is 2. The fourth-order valence-electron chi connectivity index (χ4n) is 2.70. The van der Waals surface area contributed by atoms with Gasteiger partial charge in [0.1, 0.15) is 11.3 Å². The Morgan fingerprint density at radius 1 is 1.23 bits per heavy atom. The minimum Gasteiger partial charge on any atom is -0.512 e. The number of benzene rings is 2. The number of allylic oxidation sites excluding steroid dienone is 1. The largest absolute Gasteiger partial charge is 0.512 e. The van der Waals surface area contributed by atoms with Crippen molar-refractivity contribution in [2.75, 3.05) is 12.0 Å². The number of hydrazone groups is 1. The number of aromatic nitrogens is 1. The van der Waals surface area contributed by atoms with Crippen LogP contribution in [-0.4, -0.2) is 28.9 Å². The molecule has 0 saturated heterocycles. The molecule has 0 unspecified atom stereocenters. The van der Waals surface area contributed by atoms with E-state index in [0.29, 0.717) is 15.7 Å². The van der Waals surface area contributed by atoms with Crippen molar-refractivity contribution in [2.24, 2.45) is 5.10 Å². The van der Waals surface area contributed by atoms with Gasteiger partial charge >= 0.3 is 5.97 Å². The Kier molecular flexibility index (Phi) is 8.00. The van der Waals surface area contributed by atoms with Gasteiger partial charge in [-0.3, -0.25) is 5.43 Å². The van der Waals surface area contributed by atoms with E-state index >= 15 is 0 Å². The maximum atomic E-state index is 12.5. The molecular weight excluding hydrogens is 546 g/mol. The third-order valence-electron chi connectivity index (χ3n) is 4.04. The molecule has 2 aromatic carbocycles. The summed E-state index contributed by atoms with van der Waals surface area (Å²) in [7, 11) is 0. The number of nitrogens with one attached hydrogen (secondary N) is 1. The predicted octanol–water partition coefficient (Wildman–Crippen LogP) is 6.63. The van der Waals surface area contributed by atoms with Crippen LogP contribution in [0.25, 0.3) is 16.8 Å². The second kappa shape index (κ2) is 10.7. The molecule has 160 valence electrons. The average molecular weight is 565 g/mol. The normalized spacial score (nSPS) is 12.0. The molecule has 0 aliphatic carbocycles. The van der Waals surface area contributed by atoms with Crippen molar-refractivity contribution in [3.8, 4) is 11.3 Å². The van der Waals surface area contributed by atoms with Crippen LogP contribution in [0.2, 0.25) is 0 Å². The van der Waals surface area contributed by atoms with Crippen LogP contribution in [0, 0.1) is 0 Å². The molecule has 0 spiro atoms. The minimum absolute atomic E-state index is 0.0845. The molecule has 1 heterocycles. The van der Waals surface area contributed by atoms with Gasteiger partial charge in [-0.2, -0.15) is 5.10 Å². The van der Waals surface area contributed by atoms with Gasteiger partial charge in [0.15, 0.2) is 0 Å². The molecule has 31 heavy (non-hydrogen) atoms. The number of carbonyl (C=O) groups is 1. The number of anilines is 1. The maximum Gasteiger partial charge on any atom is 0.343 e. The van der Waals surface area contributed by atoms with E-state index in [2.05, 4.69) is 47.4 Å². The number of esters is 1. The lowest BCUT2D eigenvalue weighted by Gasteiger charge is -2.08. The van der Waals surface area contributed by atoms with E-state index in [0.717, 1.165) is 20.1 Å². The van der Waals surface area contributed by atoms with Crippen molar-refractivity contribution < 1.29 is 14.6 Å². The van der Waals surface area contributed by atoms with E-state index in [1.54, 1.807) is 13.1 Å². The van der Waals surface area contributed by atoms with Crippen LogP contribution in [0.3, 0.4) is 0 Å². The molecule has 0 aliphatic rings. The lowest BCUT2D eigenvalue weighted by molar-refractivity contribution is -0.136. The molecule has 0 bridgehead atoms. The number of carbonyl (C=O) groups excluding carboxylic acids is 1. The lowest BCUT2D eigenvalue weighted by Crippen LogP contribution is -2.08. The van der Waals surface area contributed by atoms with Crippen LogP contribution >= 0.6 is 43.2 Å².